The van der Waals surface area contributed by atoms with Crippen molar-refractivity contribution in [1.29, 1.82) is 0 Å². The molecule has 2 fully saturated rings. The Labute approximate surface area is 142 Å². The van der Waals surface area contributed by atoms with Gasteiger partial charge in [0.2, 0.25) is 0 Å². The minimum Gasteiger partial charge on any atom is -0.465 e. The lowest BCUT2D eigenvalue weighted by atomic mass is 10.1. The number of hydrogen-bond donors (Lipinski definition) is 0. The van der Waals surface area contributed by atoms with Crippen LogP contribution in [-0.4, -0.2) is 48.7 Å². The topological polar surface area (TPSA) is 52.6 Å². The van der Waals surface area contributed by atoms with Crippen LogP contribution in [0.25, 0.3) is 0 Å². The predicted molar refractivity (Wildman–Crippen MR) is 93.4 cm³/mol. The molecule has 0 spiro atoms. The maximum atomic E-state index is 11.1. The SMILES string of the molecule is CCC1CCOC1=O.CSCCCSCCC1CCOC1=O. The Balaban J connectivity index is 0.000000255. The van der Waals surface area contributed by atoms with Crippen molar-refractivity contribution in [2.24, 2.45) is 11.8 Å². The summed E-state index contributed by atoms with van der Waals surface area (Å²) in [4.78, 5) is 21.7. The monoisotopic (exact) mass is 348 g/mol. The molecule has 0 bridgehead atoms. The number of ether oxygens (including phenoxy) is 2. The van der Waals surface area contributed by atoms with Gasteiger partial charge in [-0.2, -0.15) is 23.5 Å². The summed E-state index contributed by atoms with van der Waals surface area (Å²) in [5.41, 5.74) is 0. The first-order valence-electron chi connectivity index (χ1n) is 8.09. The smallest absolute Gasteiger partial charge is 0.309 e. The number of cyclic esters (lactones) is 2. The first kappa shape index (κ1) is 19.7. The van der Waals surface area contributed by atoms with Gasteiger partial charge in [0.05, 0.1) is 25.0 Å². The van der Waals surface area contributed by atoms with Gasteiger partial charge in [0.25, 0.3) is 0 Å². The van der Waals surface area contributed by atoms with E-state index in [1.165, 1.54) is 17.9 Å². The Hall–Kier alpha value is -0.360. The van der Waals surface area contributed by atoms with Crippen LogP contribution in [0.4, 0.5) is 0 Å². The van der Waals surface area contributed by atoms with Gasteiger partial charge in [-0.05, 0) is 55.6 Å². The summed E-state index contributed by atoms with van der Waals surface area (Å²) < 4.78 is 9.63. The lowest BCUT2D eigenvalue weighted by Crippen LogP contribution is -2.08. The number of esters is 2. The fraction of sp³-hybridized carbons (Fsp3) is 0.875. The van der Waals surface area contributed by atoms with Crippen molar-refractivity contribution in [2.45, 2.75) is 39.0 Å². The van der Waals surface area contributed by atoms with E-state index in [9.17, 15) is 9.59 Å². The van der Waals surface area contributed by atoms with Gasteiger partial charge in [0, 0.05) is 0 Å². The Morgan fingerprint density at radius 3 is 2.09 bits per heavy atom. The summed E-state index contributed by atoms with van der Waals surface area (Å²) in [6, 6.07) is 0. The van der Waals surface area contributed by atoms with Crippen molar-refractivity contribution in [3.05, 3.63) is 0 Å². The van der Waals surface area contributed by atoms with Gasteiger partial charge in [0.15, 0.2) is 0 Å². The summed E-state index contributed by atoms with van der Waals surface area (Å²) in [6.07, 6.45) is 7.21. The van der Waals surface area contributed by atoms with Crippen LogP contribution >= 0.6 is 23.5 Å². The van der Waals surface area contributed by atoms with Crippen LogP contribution in [0.2, 0.25) is 0 Å². The molecule has 0 N–H and O–H groups in total. The molecular formula is C16H28O4S2. The van der Waals surface area contributed by atoms with Crippen LogP contribution in [-0.2, 0) is 19.1 Å². The van der Waals surface area contributed by atoms with E-state index in [1.54, 1.807) is 0 Å². The summed E-state index contributed by atoms with van der Waals surface area (Å²) >= 11 is 3.86. The maximum absolute atomic E-state index is 11.1. The van der Waals surface area contributed by atoms with Crippen molar-refractivity contribution >= 4 is 35.5 Å². The van der Waals surface area contributed by atoms with Crippen LogP contribution in [0, 0.1) is 11.8 Å². The Bertz CT molecular complexity index is 336. The van der Waals surface area contributed by atoms with Crippen molar-refractivity contribution in [3.8, 4) is 0 Å². The van der Waals surface area contributed by atoms with Gasteiger partial charge in [-0.1, -0.05) is 6.92 Å². The van der Waals surface area contributed by atoms with Gasteiger partial charge in [-0.15, -0.1) is 0 Å². The molecule has 0 amide bonds. The second-order valence-electron chi connectivity index (χ2n) is 5.46. The Morgan fingerprint density at radius 2 is 1.64 bits per heavy atom. The molecule has 128 valence electrons. The highest BCUT2D eigenvalue weighted by atomic mass is 32.2. The third-order valence-corrected chi connectivity index (χ3v) is 5.63. The molecule has 0 aromatic carbocycles. The zero-order chi connectivity index (χ0) is 16.2. The summed E-state index contributed by atoms with van der Waals surface area (Å²) in [5.74, 6) is 4.00. The molecule has 22 heavy (non-hydrogen) atoms. The van der Waals surface area contributed by atoms with Crippen molar-refractivity contribution in [1.82, 2.24) is 0 Å². The zero-order valence-electron chi connectivity index (χ0n) is 13.7. The molecule has 0 aliphatic carbocycles. The fourth-order valence-electron chi connectivity index (χ4n) is 2.34. The second kappa shape index (κ2) is 12.1. The quantitative estimate of drug-likeness (QED) is 0.495. The normalized spacial score (nSPS) is 23.7. The number of carbonyl (C=O) groups excluding carboxylic acids is 2. The number of hydrogen-bond acceptors (Lipinski definition) is 6. The maximum Gasteiger partial charge on any atom is 0.309 e. The second-order valence-corrected chi connectivity index (χ2v) is 7.67. The van der Waals surface area contributed by atoms with E-state index in [4.69, 9.17) is 9.47 Å². The zero-order valence-corrected chi connectivity index (χ0v) is 15.3. The molecule has 0 saturated carbocycles. The predicted octanol–water partition coefficient (Wildman–Crippen LogP) is 3.39. The summed E-state index contributed by atoms with van der Waals surface area (Å²) in [7, 11) is 0. The minimum atomic E-state index is -0.00694. The van der Waals surface area contributed by atoms with Crippen molar-refractivity contribution in [2.75, 3.05) is 36.7 Å². The van der Waals surface area contributed by atoms with Gasteiger partial charge in [-0.3, -0.25) is 9.59 Å². The highest BCUT2D eigenvalue weighted by Crippen LogP contribution is 2.20. The molecule has 2 heterocycles. The third-order valence-electron chi connectivity index (χ3n) is 3.83. The number of thioether (sulfide) groups is 2. The average molecular weight is 349 g/mol. The van der Waals surface area contributed by atoms with Crippen molar-refractivity contribution < 1.29 is 19.1 Å². The van der Waals surface area contributed by atoms with Crippen LogP contribution in [0.1, 0.15) is 39.0 Å². The first-order chi connectivity index (χ1) is 10.7. The molecular weight excluding hydrogens is 320 g/mol. The molecule has 2 rings (SSSR count). The lowest BCUT2D eigenvalue weighted by Gasteiger charge is -2.04. The van der Waals surface area contributed by atoms with E-state index in [0.29, 0.717) is 13.2 Å². The molecule has 2 unspecified atom stereocenters. The van der Waals surface area contributed by atoms with E-state index in [2.05, 4.69) is 6.26 Å². The molecule has 0 radical (unpaired) electrons. The highest BCUT2D eigenvalue weighted by Gasteiger charge is 2.25. The minimum absolute atomic E-state index is 0.00694. The third kappa shape index (κ3) is 7.77. The van der Waals surface area contributed by atoms with Crippen LogP contribution in [0.5, 0.6) is 0 Å². The molecule has 2 atom stereocenters. The van der Waals surface area contributed by atoms with Crippen molar-refractivity contribution in [3.63, 3.8) is 0 Å². The summed E-state index contributed by atoms with van der Waals surface area (Å²) in [5, 5.41) is 0. The summed E-state index contributed by atoms with van der Waals surface area (Å²) in [6.45, 7) is 3.29. The van der Waals surface area contributed by atoms with Gasteiger partial charge in [-0.25, -0.2) is 0 Å². The van der Waals surface area contributed by atoms with E-state index in [-0.39, 0.29) is 23.8 Å². The van der Waals surface area contributed by atoms with Gasteiger partial charge in [0.1, 0.15) is 0 Å². The van der Waals surface area contributed by atoms with E-state index in [1.807, 2.05) is 30.4 Å². The average Bonchev–Trinajstić information content (AvgIpc) is 3.12. The molecule has 6 heteroatoms. The largest absolute Gasteiger partial charge is 0.465 e. The van der Waals surface area contributed by atoms with Crippen LogP contribution < -0.4 is 0 Å². The standard InChI is InChI=1S/C10H18O2S2.C6H10O2/c1-13-6-2-7-14-8-4-9-3-5-12-10(9)11;1-2-5-3-4-8-6(5)7/h9H,2-8H2,1H3;5H,2-4H2,1H3. The number of carbonyl (C=O) groups is 2. The van der Waals surface area contributed by atoms with Crippen LogP contribution in [0.15, 0.2) is 0 Å². The van der Waals surface area contributed by atoms with Crippen LogP contribution in [0.3, 0.4) is 0 Å². The molecule has 2 aliphatic rings. The molecule has 0 aromatic heterocycles. The number of rotatable bonds is 8. The molecule has 4 nitrogen and oxygen atoms in total. The Kier molecular flexibility index (Phi) is 10.8. The van der Waals surface area contributed by atoms with Gasteiger partial charge >= 0.3 is 11.9 Å². The van der Waals surface area contributed by atoms with E-state index < -0.39 is 0 Å². The highest BCUT2D eigenvalue weighted by molar-refractivity contribution is 7.99. The molecule has 2 aliphatic heterocycles. The molecule has 0 aromatic rings. The van der Waals surface area contributed by atoms with E-state index in [0.717, 1.165) is 31.4 Å². The fourth-order valence-corrected chi connectivity index (χ4v) is 3.96. The Morgan fingerprint density at radius 1 is 1.00 bits per heavy atom. The first-order valence-corrected chi connectivity index (χ1v) is 10.6. The lowest BCUT2D eigenvalue weighted by molar-refractivity contribution is -0.142. The van der Waals surface area contributed by atoms with E-state index >= 15 is 0 Å². The van der Waals surface area contributed by atoms with Gasteiger partial charge < -0.3 is 9.47 Å². The molecule has 2 saturated heterocycles.